The molecule has 1 aromatic heterocycles. The molecule has 19 heavy (non-hydrogen) atoms. The van der Waals surface area contributed by atoms with Crippen LogP contribution < -0.4 is 5.73 Å². The highest BCUT2D eigenvalue weighted by Crippen LogP contribution is 2.32. The lowest BCUT2D eigenvalue weighted by Crippen LogP contribution is -2.02. The molecule has 0 saturated heterocycles. The van der Waals surface area contributed by atoms with Crippen molar-refractivity contribution in [3.63, 3.8) is 0 Å². The van der Waals surface area contributed by atoms with Crippen LogP contribution in [0.1, 0.15) is 10.4 Å². The Hall–Kier alpha value is -1.36. The molecule has 0 aliphatic heterocycles. The third-order valence-corrected chi connectivity index (χ3v) is 3.83. The molecule has 1 heterocycles. The van der Waals surface area contributed by atoms with E-state index in [0.29, 0.717) is 17.1 Å². The van der Waals surface area contributed by atoms with Crippen LogP contribution in [-0.4, -0.2) is 23.6 Å². The van der Waals surface area contributed by atoms with E-state index in [9.17, 15) is 4.79 Å². The average Bonchev–Trinajstić information content (AvgIpc) is 2.45. The predicted octanol–water partition coefficient (Wildman–Crippen LogP) is 3.27. The lowest BCUT2D eigenvalue weighted by molar-refractivity contribution is 0.112. The Morgan fingerprint density at radius 2 is 2.16 bits per heavy atom. The topological polar surface area (TPSA) is 56.0 Å². The number of aromatic nitrogens is 1. The van der Waals surface area contributed by atoms with Gasteiger partial charge in [-0.2, -0.15) is 0 Å². The number of carbonyl (C=O) groups is 1. The lowest BCUT2D eigenvalue weighted by Gasteiger charge is -2.10. The maximum atomic E-state index is 11.1. The van der Waals surface area contributed by atoms with Gasteiger partial charge in [0.1, 0.15) is 5.03 Å². The predicted molar refractivity (Wildman–Crippen MR) is 79.8 cm³/mol. The van der Waals surface area contributed by atoms with Gasteiger partial charge in [-0.15, -0.1) is 11.8 Å². The van der Waals surface area contributed by atoms with E-state index in [1.165, 1.54) is 0 Å². The fourth-order valence-electron chi connectivity index (χ4n) is 1.73. The Kier molecular flexibility index (Phi) is 4.96. The first-order valence-electron chi connectivity index (χ1n) is 5.79. The molecule has 3 nitrogen and oxygen atoms in total. The van der Waals surface area contributed by atoms with Crippen LogP contribution in [0.4, 0.5) is 0 Å². The normalized spacial score (nSPS) is 10.4. The first-order valence-corrected chi connectivity index (χ1v) is 7.15. The Morgan fingerprint density at radius 1 is 1.32 bits per heavy atom. The van der Waals surface area contributed by atoms with Crippen LogP contribution in [0.25, 0.3) is 11.1 Å². The SMILES string of the molecule is NCCSc1ncccc1-c1cc(Cl)ccc1C=O. The summed E-state index contributed by atoms with van der Waals surface area (Å²) in [5, 5.41) is 1.46. The van der Waals surface area contributed by atoms with Crippen LogP contribution in [-0.2, 0) is 0 Å². The average molecular weight is 293 g/mol. The Morgan fingerprint density at radius 3 is 2.89 bits per heavy atom. The summed E-state index contributed by atoms with van der Waals surface area (Å²) < 4.78 is 0. The molecule has 0 unspecified atom stereocenters. The number of nitrogens with two attached hydrogens (primary N) is 1. The largest absolute Gasteiger partial charge is 0.330 e. The Bertz CT molecular complexity index is 589. The number of nitrogens with zero attached hydrogens (tertiary/aromatic N) is 1. The lowest BCUT2D eigenvalue weighted by atomic mass is 10.0. The second kappa shape index (κ2) is 6.70. The molecule has 0 aliphatic carbocycles. The molecule has 98 valence electrons. The van der Waals surface area contributed by atoms with Gasteiger partial charge in [-0.1, -0.05) is 17.7 Å². The maximum Gasteiger partial charge on any atom is 0.150 e. The monoisotopic (exact) mass is 292 g/mol. The van der Waals surface area contributed by atoms with Gasteiger partial charge in [0.2, 0.25) is 0 Å². The van der Waals surface area contributed by atoms with Gasteiger partial charge >= 0.3 is 0 Å². The first kappa shape index (κ1) is 14.1. The van der Waals surface area contributed by atoms with E-state index in [1.54, 1.807) is 36.2 Å². The molecule has 2 N–H and O–H groups in total. The van der Waals surface area contributed by atoms with E-state index >= 15 is 0 Å². The van der Waals surface area contributed by atoms with Crippen molar-refractivity contribution < 1.29 is 4.79 Å². The molecule has 0 saturated carbocycles. The molecule has 2 rings (SSSR count). The third kappa shape index (κ3) is 3.35. The van der Waals surface area contributed by atoms with Crippen molar-refractivity contribution >= 4 is 29.6 Å². The van der Waals surface area contributed by atoms with Crippen molar-refractivity contribution in [3.8, 4) is 11.1 Å². The van der Waals surface area contributed by atoms with E-state index in [4.69, 9.17) is 17.3 Å². The van der Waals surface area contributed by atoms with E-state index in [1.807, 2.05) is 12.1 Å². The second-order valence-corrected chi connectivity index (χ2v) is 5.36. The van der Waals surface area contributed by atoms with Gasteiger partial charge < -0.3 is 5.73 Å². The quantitative estimate of drug-likeness (QED) is 0.679. The van der Waals surface area contributed by atoms with Gasteiger partial charge in [-0.25, -0.2) is 4.98 Å². The molecule has 0 amide bonds. The highest BCUT2D eigenvalue weighted by molar-refractivity contribution is 7.99. The van der Waals surface area contributed by atoms with Crippen molar-refractivity contribution in [2.75, 3.05) is 12.3 Å². The van der Waals surface area contributed by atoms with Crippen LogP contribution in [0, 0.1) is 0 Å². The summed E-state index contributed by atoms with van der Waals surface area (Å²) in [4.78, 5) is 15.5. The van der Waals surface area contributed by atoms with Gasteiger partial charge in [0.25, 0.3) is 0 Å². The Balaban J connectivity index is 2.51. The van der Waals surface area contributed by atoms with Crippen molar-refractivity contribution in [2.45, 2.75) is 5.03 Å². The third-order valence-electron chi connectivity index (χ3n) is 2.56. The number of hydrogen-bond acceptors (Lipinski definition) is 4. The summed E-state index contributed by atoms with van der Waals surface area (Å²) in [5.74, 6) is 0.779. The molecule has 0 bridgehead atoms. The van der Waals surface area contributed by atoms with Crippen LogP contribution in [0.2, 0.25) is 5.02 Å². The van der Waals surface area contributed by atoms with Gasteiger partial charge in [-0.3, -0.25) is 4.79 Å². The van der Waals surface area contributed by atoms with E-state index in [0.717, 1.165) is 28.2 Å². The zero-order valence-electron chi connectivity index (χ0n) is 10.2. The highest BCUT2D eigenvalue weighted by atomic mass is 35.5. The minimum absolute atomic E-state index is 0.580. The summed E-state index contributed by atoms with van der Waals surface area (Å²) in [6.07, 6.45) is 2.56. The minimum Gasteiger partial charge on any atom is -0.330 e. The number of carbonyl (C=O) groups excluding carboxylic acids is 1. The summed E-state index contributed by atoms with van der Waals surface area (Å²) in [7, 11) is 0. The van der Waals surface area contributed by atoms with Gasteiger partial charge in [0.15, 0.2) is 6.29 Å². The molecule has 5 heteroatoms. The number of benzene rings is 1. The standard InChI is InChI=1S/C14H13ClN2OS/c15-11-4-3-10(9-18)13(8-11)12-2-1-6-17-14(12)19-7-5-16/h1-4,6,8-9H,5,7,16H2. The number of halogens is 1. The van der Waals surface area contributed by atoms with Crippen LogP contribution in [0.3, 0.4) is 0 Å². The number of rotatable bonds is 5. The molecule has 2 aromatic rings. The fourth-order valence-corrected chi connectivity index (χ4v) is 2.68. The van der Waals surface area contributed by atoms with Crippen molar-refractivity contribution in [1.82, 2.24) is 4.98 Å². The number of aldehydes is 1. The van der Waals surface area contributed by atoms with Gasteiger partial charge in [-0.05, 0) is 29.8 Å². The van der Waals surface area contributed by atoms with Crippen molar-refractivity contribution in [2.24, 2.45) is 5.73 Å². The first-order chi connectivity index (χ1) is 9.26. The number of thioether (sulfide) groups is 1. The van der Waals surface area contributed by atoms with Crippen LogP contribution in [0.15, 0.2) is 41.6 Å². The molecule has 1 aromatic carbocycles. The molecule has 0 aliphatic rings. The summed E-state index contributed by atoms with van der Waals surface area (Å²) in [6, 6.07) is 8.99. The molecular weight excluding hydrogens is 280 g/mol. The summed E-state index contributed by atoms with van der Waals surface area (Å²) in [6.45, 7) is 0.580. The smallest absolute Gasteiger partial charge is 0.150 e. The van der Waals surface area contributed by atoms with Crippen LogP contribution >= 0.6 is 23.4 Å². The summed E-state index contributed by atoms with van der Waals surface area (Å²) >= 11 is 7.59. The molecular formula is C14H13ClN2OS. The van der Waals surface area contributed by atoms with E-state index in [2.05, 4.69) is 4.98 Å². The minimum atomic E-state index is 0.580. The fraction of sp³-hybridized carbons (Fsp3) is 0.143. The maximum absolute atomic E-state index is 11.1. The zero-order chi connectivity index (χ0) is 13.7. The molecule has 0 fully saturated rings. The Labute approximate surface area is 121 Å². The molecule has 0 atom stereocenters. The highest BCUT2D eigenvalue weighted by Gasteiger charge is 2.11. The number of pyridine rings is 1. The second-order valence-electron chi connectivity index (χ2n) is 3.84. The summed E-state index contributed by atoms with van der Waals surface area (Å²) in [5.41, 5.74) is 7.83. The van der Waals surface area contributed by atoms with Gasteiger partial charge in [0, 0.05) is 34.6 Å². The van der Waals surface area contributed by atoms with Crippen molar-refractivity contribution in [1.29, 1.82) is 0 Å². The van der Waals surface area contributed by atoms with E-state index in [-0.39, 0.29) is 0 Å². The van der Waals surface area contributed by atoms with Crippen molar-refractivity contribution in [3.05, 3.63) is 47.1 Å². The van der Waals surface area contributed by atoms with E-state index < -0.39 is 0 Å². The molecule has 0 spiro atoms. The zero-order valence-corrected chi connectivity index (χ0v) is 11.7. The van der Waals surface area contributed by atoms with Crippen LogP contribution in [0.5, 0.6) is 0 Å². The number of hydrogen-bond donors (Lipinski definition) is 1. The van der Waals surface area contributed by atoms with Gasteiger partial charge in [0.05, 0.1) is 0 Å². The molecule has 0 radical (unpaired) electrons.